The molecule has 0 radical (unpaired) electrons. The first-order chi connectivity index (χ1) is 15.5. The number of rotatable bonds is 17. The van der Waals surface area contributed by atoms with Crippen molar-refractivity contribution in [3.05, 3.63) is 41.5 Å². The predicted molar refractivity (Wildman–Crippen MR) is 135 cm³/mol. The van der Waals surface area contributed by atoms with Crippen LogP contribution in [0.25, 0.3) is 10.8 Å². The molecule has 180 valence electrons. The minimum absolute atomic E-state index is 0. The van der Waals surface area contributed by atoms with Crippen LogP contribution in [0.4, 0.5) is 0 Å². The molecule has 0 aliphatic rings. The zero-order chi connectivity index (χ0) is 23.2. The Kier molecular flexibility index (Phi) is 15.9. The molecule has 33 heavy (non-hydrogen) atoms. The summed E-state index contributed by atoms with van der Waals surface area (Å²) in [7, 11) is -4.51. The van der Waals surface area contributed by atoms with E-state index in [2.05, 4.69) is 13.8 Å². The topological polar surface area (TPSA) is 57.2 Å². The normalized spacial score (nSPS) is 11.6. The van der Waals surface area contributed by atoms with Gasteiger partial charge in [-0.2, -0.15) is 0 Å². The molecular weight excluding hydrogens is 439 g/mol. The molecule has 0 aliphatic heterocycles. The Bertz CT molecular complexity index is 909. The van der Waals surface area contributed by atoms with Crippen LogP contribution >= 0.6 is 0 Å². The zero-order valence-corrected chi connectivity index (χ0v) is 24.1. The molecule has 0 amide bonds. The first-order valence-corrected chi connectivity index (χ1v) is 14.4. The minimum Gasteiger partial charge on any atom is -0.744 e. The second-order valence-corrected chi connectivity index (χ2v) is 10.6. The third-order valence-electron chi connectivity index (χ3n) is 6.51. The number of fused-ring (bicyclic) bond motifs is 1. The van der Waals surface area contributed by atoms with Crippen LogP contribution in [0.5, 0.6) is 0 Å². The molecule has 0 unspecified atom stereocenters. The summed E-state index contributed by atoms with van der Waals surface area (Å²) < 4.78 is 37.1. The molecule has 0 saturated carbocycles. The van der Waals surface area contributed by atoms with Gasteiger partial charge in [0, 0.05) is 0 Å². The number of hydrogen-bond donors (Lipinski definition) is 0. The molecule has 0 bridgehead atoms. The van der Waals surface area contributed by atoms with Crippen molar-refractivity contribution in [2.75, 3.05) is 0 Å². The SMILES string of the molecule is CCCCCCCCCc1cc2ccccc2c(CCCCCCCCC)c1S(=O)(=O)[O-].[Na+]. The molecule has 2 rings (SSSR count). The molecule has 2 aromatic carbocycles. The molecule has 0 saturated heterocycles. The summed E-state index contributed by atoms with van der Waals surface area (Å²) in [6.07, 6.45) is 17.8. The van der Waals surface area contributed by atoms with Crippen LogP contribution in [0.15, 0.2) is 35.2 Å². The maximum absolute atomic E-state index is 12.4. The monoisotopic (exact) mass is 482 g/mol. The molecule has 0 heterocycles. The molecule has 0 aromatic heterocycles. The van der Waals surface area contributed by atoms with Crippen LogP contribution in [0, 0.1) is 0 Å². The Hall–Kier alpha value is -0.390. The van der Waals surface area contributed by atoms with E-state index in [0.717, 1.165) is 47.6 Å². The van der Waals surface area contributed by atoms with Crippen LogP contribution in [0.2, 0.25) is 0 Å². The molecular formula is C28H43NaO3S. The van der Waals surface area contributed by atoms with Crippen molar-refractivity contribution >= 4 is 20.9 Å². The predicted octanol–water partition coefficient (Wildman–Crippen LogP) is 5.33. The van der Waals surface area contributed by atoms with E-state index in [9.17, 15) is 13.0 Å². The van der Waals surface area contributed by atoms with Crippen LogP contribution in [0.3, 0.4) is 0 Å². The summed E-state index contributed by atoms with van der Waals surface area (Å²) in [5, 5.41) is 1.98. The Morgan fingerprint density at radius 3 is 1.73 bits per heavy atom. The zero-order valence-electron chi connectivity index (χ0n) is 21.3. The van der Waals surface area contributed by atoms with E-state index in [1.54, 1.807) is 0 Å². The van der Waals surface area contributed by atoms with Gasteiger partial charge in [0.25, 0.3) is 0 Å². The molecule has 5 heteroatoms. The van der Waals surface area contributed by atoms with Gasteiger partial charge in [0.15, 0.2) is 0 Å². The molecule has 0 fully saturated rings. The summed E-state index contributed by atoms with van der Waals surface area (Å²) in [5.74, 6) is 0. The maximum atomic E-state index is 12.4. The minimum atomic E-state index is -4.51. The summed E-state index contributed by atoms with van der Waals surface area (Å²) in [6.45, 7) is 4.43. The van der Waals surface area contributed by atoms with Gasteiger partial charge >= 0.3 is 29.6 Å². The second kappa shape index (κ2) is 17.1. The fourth-order valence-electron chi connectivity index (χ4n) is 4.74. The average Bonchev–Trinajstić information content (AvgIpc) is 2.76. The van der Waals surface area contributed by atoms with Crippen molar-refractivity contribution in [3.8, 4) is 0 Å². The van der Waals surface area contributed by atoms with Crippen molar-refractivity contribution in [3.63, 3.8) is 0 Å². The van der Waals surface area contributed by atoms with Crippen molar-refractivity contribution in [2.24, 2.45) is 0 Å². The Morgan fingerprint density at radius 2 is 1.18 bits per heavy atom. The van der Waals surface area contributed by atoms with Crippen LogP contribution in [-0.2, 0) is 23.0 Å². The molecule has 3 nitrogen and oxygen atoms in total. The van der Waals surface area contributed by atoms with Crippen LogP contribution < -0.4 is 29.6 Å². The fraction of sp³-hybridized carbons (Fsp3) is 0.643. The third-order valence-corrected chi connectivity index (χ3v) is 7.52. The van der Waals surface area contributed by atoms with Gasteiger partial charge in [-0.1, -0.05) is 115 Å². The second-order valence-electron chi connectivity index (χ2n) is 9.26. The average molecular weight is 483 g/mol. The van der Waals surface area contributed by atoms with Gasteiger partial charge in [-0.25, -0.2) is 8.42 Å². The summed E-state index contributed by atoms with van der Waals surface area (Å²) in [5.41, 5.74) is 1.48. The van der Waals surface area contributed by atoms with Gasteiger partial charge < -0.3 is 4.55 Å². The van der Waals surface area contributed by atoms with Crippen molar-refractivity contribution < 1.29 is 42.5 Å². The van der Waals surface area contributed by atoms with Gasteiger partial charge in [-0.3, -0.25) is 0 Å². The Balaban J connectivity index is 0.00000544. The number of hydrogen-bond acceptors (Lipinski definition) is 3. The van der Waals surface area contributed by atoms with E-state index >= 15 is 0 Å². The number of benzene rings is 2. The van der Waals surface area contributed by atoms with E-state index < -0.39 is 10.1 Å². The quantitative estimate of drug-likeness (QED) is 0.174. The maximum Gasteiger partial charge on any atom is 1.00 e. The van der Waals surface area contributed by atoms with E-state index in [0.29, 0.717) is 12.8 Å². The van der Waals surface area contributed by atoms with Crippen molar-refractivity contribution in [2.45, 2.75) is 121 Å². The fourth-order valence-corrected chi connectivity index (χ4v) is 5.74. The molecule has 0 N–H and O–H groups in total. The summed E-state index contributed by atoms with van der Waals surface area (Å²) in [6, 6.07) is 9.89. The molecule has 0 atom stereocenters. The summed E-state index contributed by atoms with van der Waals surface area (Å²) in [4.78, 5) is 0.0770. The molecule has 2 aromatic rings. The summed E-state index contributed by atoms with van der Waals surface area (Å²) >= 11 is 0. The van der Waals surface area contributed by atoms with Crippen molar-refractivity contribution in [1.82, 2.24) is 0 Å². The Labute approximate surface area is 225 Å². The van der Waals surface area contributed by atoms with Gasteiger partial charge in [0.2, 0.25) is 0 Å². The first-order valence-electron chi connectivity index (χ1n) is 13.0. The van der Waals surface area contributed by atoms with E-state index in [1.165, 1.54) is 64.2 Å². The standard InChI is InChI=1S/C28H44O3S.Na/c1-3-5-7-9-11-13-15-20-25-23-24-19-17-18-21-26(24)27(28(25)32(29,30)31)22-16-14-12-10-8-6-4-2;/h17-19,21,23H,3-16,20,22H2,1-2H3,(H,29,30,31);/q;+1/p-1. The van der Waals surface area contributed by atoms with Gasteiger partial charge in [-0.05, 0) is 53.6 Å². The van der Waals surface area contributed by atoms with Crippen molar-refractivity contribution in [1.29, 1.82) is 0 Å². The smallest absolute Gasteiger partial charge is 0.744 e. The molecule has 0 spiro atoms. The van der Waals surface area contributed by atoms with E-state index in [1.807, 2.05) is 30.3 Å². The Morgan fingerprint density at radius 1 is 0.697 bits per heavy atom. The van der Waals surface area contributed by atoms with E-state index in [-0.39, 0.29) is 34.5 Å². The number of aryl methyl sites for hydroxylation is 2. The molecule has 0 aliphatic carbocycles. The third kappa shape index (κ3) is 10.8. The van der Waals surface area contributed by atoms with Crippen LogP contribution in [-0.4, -0.2) is 13.0 Å². The van der Waals surface area contributed by atoms with Gasteiger partial charge in [-0.15, -0.1) is 0 Å². The van der Waals surface area contributed by atoms with Gasteiger partial charge in [0.05, 0.1) is 4.90 Å². The van der Waals surface area contributed by atoms with E-state index in [4.69, 9.17) is 0 Å². The number of unbranched alkanes of at least 4 members (excludes halogenated alkanes) is 12. The first kappa shape index (κ1) is 30.6. The largest absolute Gasteiger partial charge is 1.00 e. The van der Waals surface area contributed by atoms with Gasteiger partial charge in [0.1, 0.15) is 10.1 Å². The van der Waals surface area contributed by atoms with Crippen LogP contribution in [0.1, 0.15) is 115 Å².